The molecule has 2 heterocycles. The van der Waals surface area contributed by atoms with Gasteiger partial charge < -0.3 is 9.73 Å². The van der Waals surface area contributed by atoms with Gasteiger partial charge in [-0.05, 0) is 30.2 Å². The molecule has 0 saturated carbocycles. The third kappa shape index (κ3) is 4.35. The Morgan fingerprint density at radius 1 is 1.27 bits per heavy atom. The quantitative estimate of drug-likeness (QED) is 0.510. The van der Waals surface area contributed by atoms with Crippen LogP contribution in [-0.2, 0) is 11.3 Å². The van der Waals surface area contributed by atoms with Crippen molar-refractivity contribution in [1.29, 1.82) is 0 Å². The van der Waals surface area contributed by atoms with Gasteiger partial charge in [0, 0.05) is 6.54 Å². The summed E-state index contributed by atoms with van der Waals surface area (Å²) in [4.78, 5) is 29.5. The molecule has 0 radical (unpaired) electrons. The van der Waals surface area contributed by atoms with Crippen LogP contribution in [0.3, 0.4) is 0 Å². The lowest BCUT2D eigenvalue weighted by atomic mass is 10.2. The van der Waals surface area contributed by atoms with E-state index < -0.39 is 0 Å². The first-order valence-corrected chi connectivity index (χ1v) is 9.44. The molecule has 0 atom stereocenters. The van der Waals surface area contributed by atoms with Crippen molar-refractivity contribution >= 4 is 28.6 Å². The van der Waals surface area contributed by atoms with Crippen LogP contribution in [0, 0.1) is 5.92 Å². The number of aromatic nitrogens is 2. The molecule has 136 valence electrons. The molecule has 3 aromatic rings. The largest absolute Gasteiger partial charge is 0.467 e. The van der Waals surface area contributed by atoms with E-state index in [1.807, 2.05) is 32.0 Å². The molecule has 0 saturated heterocycles. The molecule has 1 N–H and O–H groups in total. The van der Waals surface area contributed by atoms with Gasteiger partial charge >= 0.3 is 0 Å². The lowest BCUT2D eigenvalue weighted by Crippen LogP contribution is -2.29. The van der Waals surface area contributed by atoms with Crippen molar-refractivity contribution in [3.63, 3.8) is 0 Å². The number of rotatable bonds is 7. The van der Waals surface area contributed by atoms with E-state index >= 15 is 0 Å². The lowest BCUT2D eigenvalue weighted by Gasteiger charge is -2.12. The Hall–Kier alpha value is -2.54. The summed E-state index contributed by atoms with van der Waals surface area (Å²) < 4.78 is 6.93. The zero-order chi connectivity index (χ0) is 18.5. The van der Waals surface area contributed by atoms with Crippen LogP contribution in [0.15, 0.2) is 57.0 Å². The SMILES string of the molecule is CC(C)CNC(=O)CSc1nc2ccccc2c(=O)n1Cc1ccco1. The summed E-state index contributed by atoms with van der Waals surface area (Å²) in [5.74, 6) is 1.18. The summed E-state index contributed by atoms with van der Waals surface area (Å²) >= 11 is 1.26. The third-order valence-electron chi connectivity index (χ3n) is 3.76. The Bertz CT molecular complexity index is 948. The van der Waals surface area contributed by atoms with Gasteiger partial charge in [0.05, 0.1) is 29.5 Å². The highest BCUT2D eigenvalue weighted by molar-refractivity contribution is 7.99. The number of para-hydroxylation sites is 1. The van der Waals surface area contributed by atoms with E-state index in [2.05, 4.69) is 10.3 Å². The summed E-state index contributed by atoms with van der Waals surface area (Å²) in [6.45, 7) is 4.99. The average molecular weight is 371 g/mol. The molecular formula is C19H21N3O3S. The van der Waals surface area contributed by atoms with Gasteiger partial charge in [0.1, 0.15) is 5.76 Å². The van der Waals surface area contributed by atoms with Gasteiger partial charge in [-0.3, -0.25) is 14.2 Å². The maximum absolute atomic E-state index is 12.9. The molecule has 0 aliphatic carbocycles. The maximum Gasteiger partial charge on any atom is 0.262 e. The summed E-state index contributed by atoms with van der Waals surface area (Å²) in [7, 11) is 0. The molecule has 0 aliphatic heterocycles. The Kier molecular flexibility index (Phi) is 5.78. The van der Waals surface area contributed by atoms with Crippen LogP contribution in [0.5, 0.6) is 0 Å². The van der Waals surface area contributed by atoms with Crippen molar-refractivity contribution in [3.05, 3.63) is 58.8 Å². The zero-order valence-corrected chi connectivity index (χ0v) is 15.6. The van der Waals surface area contributed by atoms with Gasteiger partial charge in [-0.25, -0.2) is 4.98 Å². The van der Waals surface area contributed by atoms with E-state index in [0.717, 1.165) is 0 Å². The first-order valence-electron chi connectivity index (χ1n) is 8.46. The van der Waals surface area contributed by atoms with Crippen molar-refractivity contribution in [1.82, 2.24) is 14.9 Å². The topological polar surface area (TPSA) is 77.1 Å². The van der Waals surface area contributed by atoms with Crippen LogP contribution < -0.4 is 10.9 Å². The molecule has 7 heteroatoms. The van der Waals surface area contributed by atoms with E-state index in [1.54, 1.807) is 29.0 Å². The van der Waals surface area contributed by atoms with Gasteiger partial charge in [0.2, 0.25) is 5.91 Å². The highest BCUT2D eigenvalue weighted by Gasteiger charge is 2.14. The molecular weight excluding hydrogens is 350 g/mol. The third-order valence-corrected chi connectivity index (χ3v) is 4.74. The monoisotopic (exact) mass is 371 g/mol. The van der Waals surface area contributed by atoms with Gasteiger partial charge in [0.15, 0.2) is 5.16 Å². The standard InChI is InChI=1S/C19H21N3O3S/c1-13(2)10-20-17(23)12-26-19-21-16-8-4-3-7-15(16)18(24)22(19)11-14-6-5-9-25-14/h3-9,13H,10-12H2,1-2H3,(H,20,23). The van der Waals surface area contributed by atoms with Crippen molar-refractivity contribution in [2.75, 3.05) is 12.3 Å². The van der Waals surface area contributed by atoms with Gasteiger partial charge in [-0.15, -0.1) is 0 Å². The Labute approximate surface area is 155 Å². The summed E-state index contributed by atoms with van der Waals surface area (Å²) in [5.41, 5.74) is 0.482. The number of carbonyl (C=O) groups excluding carboxylic acids is 1. The number of nitrogens with zero attached hydrogens (tertiary/aromatic N) is 2. The number of amides is 1. The van der Waals surface area contributed by atoms with Crippen LogP contribution in [0.25, 0.3) is 10.9 Å². The Balaban J connectivity index is 1.89. The molecule has 6 nitrogen and oxygen atoms in total. The minimum absolute atomic E-state index is 0.0735. The Morgan fingerprint density at radius 2 is 2.08 bits per heavy atom. The first kappa shape index (κ1) is 18.3. The van der Waals surface area contributed by atoms with Crippen LogP contribution in [0.2, 0.25) is 0 Å². The average Bonchev–Trinajstić information content (AvgIpc) is 3.14. The van der Waals surface area contributed by atoms with E-state index in [1.165, 1.54) is 11.8 Å². The number of benzene rings is 1. The molecule has 0 unspecified atom stereocenters. The molecule has 0 fully saturated rings. The second-order valence-electron chi connectivity index (χ2n) is 6.37. The number of thioether (sulfide) groups is 1. The van der Waals surface area contributed by atoms with Gasteiger partial charge in [0.25, 0.3) is 5.56 Å². The van der Waals surface area contributed by atoms with Crippen LogP contribution >= 0.6 is 11.8 Å². The zero-order valence-electron chi connectivity index (χ0n) is 14.8. The smallest absolute Gasteiger partial charge is 0.262 e. The fourth-order valence-electron chi connectivity index (χ4n) is 2.45. The molecule has 0 aliphatic rings. The maximum atomic E-state index is 12.9. The van der Waals surface area contributed by atoms with Crippen LogP contribution in [0.4, 0.5) is 0 Å². The van der Waals surface area contributed by atoms with Crippen LogP contribution in [-0.4, -0.2) is 27.8 Å². The highest BCUT2D eigenvalue weighted by atomic mass is 32.2. The predicted octanol–water partition coefficient (Wildman–Crippen LogP) is 2.90. The second kappa shape index (κ2) is 8.23. The second-order valence-corrected chi connectivity index (χ2v) is 7.31. The first-order chi connectivity index (χ1) is 12.5. The summed E-state index contributed by atoms with van der Waals surface area (Å²) in [5, 5.41) is 3.93. The Morgan fingerprint density at radius 3 is 2.81 bits per heavy atom. The van der Waals surface area contributed by atoms with Crippen molar-refractivity contribution in [2.24, 2.45) is 5.92 Å². The van der Waals surface area contributed by atoms with E-state index in [0.29, 0.717) is 34.3 Å². The number of nitrogens with one attached hydrogen (secondary N) is 1. The van der Waals surface area contributed by atoms with Crippen molar-refractivity contribution in [2.45, 2.75) is 25.5 Å². The number of hydrogen-bond donors (Lipinski definition) is 1. The molecule has 26 heavy (non-hydrogen) atoms. The number of carbonyl (C=O) groups is 1. The summed E-state index contributed by atoms with van der Waals surface area (Å²) in [6, 6.07) is 10.8. The lowest BCUT2D eigenvalue weighted by molar-refractivity contribution is -0.118. The van der Waals surface area contributed by atoms with Crippen molar-refractivity contribution < 1.29 is 9.21 Å². The fraction of sp³-hybridized carbons (Fsp3) is 0.316. The molecule has 0 spiro atoms. The highest BCUT2D eigenvalue weighted by Crippen LogP contribution is 2.19. The van der Waals surface area contributed by atoms with E-state index in [9.17, 15) is 9.59 Å². The molecule has 0 bridgehead atoms. The van der Waals surface area contributed by atoms with Gasteiger partial charge in [-0.2, -0.15) is 0 Å². The van der Waals surface area contributed by atoms with E-state index in [4.69, 9.17) is 4.42 Å². The van der Waals surface area contributed by atoms with Crippen molar-refractivity contribution in [3.8, 4) is 0 Å². The summed E-state index contributed by atoms with van der Waals surface area (Å²) in [6.07, 6.45) is 1.57. The minimum Gasteiger partial charge on any atom is -0.467 e. The molecule has 1 amide bonds. The number of fused-ring (bicyclic) bond motifs is 1. The predicted molar refractivity (Wildman–Crippen MR) is 102 cm³/mol. The number of hydrogen-bond acceptors (Lipinski definition) is 5. The van der Waals surface area contributed by atoms with E-state index in [-0.39, 0.29) is 23.8 Å². The normalized spacial score (nSPS) is 11.2. The van der Waals surface area contributed by atoms with Gasteiger partial charge in [-0.1, -0.05) is 37.7 Å². The number of furan rings is 1. The molecule has 2 aromatic heterocycles. The molecule has 1 aromatic carbocycles. The fourth-order valence-corrected chi connectivity index (χ4v) is 3.28. The van der Waals surface area contributed by atoms with Crippen LogP contribution in [0.1, 0.15) is 19.6 Å². The minimum atomic E-state index is -0.142. The molecule has 3 rings (SSSR count).